The van der Waals surface area contributed by atoms with Crippen LogP contribution in [0.25, 0.3) is 0 Å². The highest BCUT2D eigenvalue weighted by molar-refractivity contribution is 5.68. The molecule has 5 nitrogen and oxygen atoms in total. The van der Waals surface area contributed by atoms with Crippen molar-refractivity contribution in [2.24, 2.45) is 0 Å². The van der Waals surface area contributed by atoms with E-state index in [0.717, 1.165) is 18.7 Å². The molecule has 1 N–H and O–H groups in total. The number of rotatable bonds is 1. The van der Waals surface area contributed by atoms with E-state index in [1.54, 1.807) is 6.20 Å². The Morgan fingerprint density at radius 2 is 2.38 bits per heavy atom. The van der Waals surface area contributed by atoms with Gasteiger partial charge < -0.3 is 10.1 Å². The second-order valence-corrected chi connectivity index (χ2v) is 5.05. The van der Waals surface area contributed by atoms with Gasteiger partial charge in [0, 0.05) is 18.3 Å². The number of alkyl carbamates (subject to hydrolysis) is 1. The Bertz CT molecular complexity index is 372. The summed E-state index contributed by atoms with van der Waals surface area (Å²) >= 11 is 0. The molecule has 0 unspecified atom stereocenters. The predicted molar refractivity (Wildman–Crippen MR) is 59.1 cm³/mol. The number of nitrogens with one attached hydrogen (secondary N) is 1. The van der Waals surface area contributed by atoms with Crippen molar-refractivity contribution in [2.75, 3.05) is 0 Å². The third-order valence-electron chi connectivity index (χ3n) is 2.37. The van der Waals surface area contributed by atoms with E-state index in [4.69, 9.17) is 4.74 Å². The van der Waals surface area contributed by atoms with Crippen molar-refractivity contribution in [1.29, 1.82) is 0 Å². The zero-order chi connectivity index (χ0) is 11.8. The zero-order valence-electron chi connectivity index (χ0n) is 9.86. The maximum Gasteiger partial charge on any atom is 0.407 e. The highest BCUT2D eigenvalue weighted by Crippen LogP contribution is 2.14. The van der Waals surface area contributed by atoms with Gasteiger partial charge in [0.15, 0.2) is 0 Å². The lowest BCUT2D eigenvalue weighted by atomic mass is 10.2. The molecule has 2 rings (SSSR count). The molecule has 0 fully saturated rings. The summed E-state index contributed by atoms with van der Waals surface area (Å²) in [5.41, 5.74) is 0.706. The van der Waals surface area contributed by atoms with Crippen LogP contribution in [0.4, 0.5) is 4.79 Å². The molecular weight excluding hydrogens is 206 g/mol. The van der Waals surface area contributed by atoms with E-state index in [-0.39, 0.29) is 12.1 Å². The molecule has 16 heavy (non-hydrogen) atoms. The van der Waals surface area contributed by atoms with E-state index < -0.39 is 5.60 Å². The quantitative estimate of drug-likeness (QED) is 0.781. The predicted octanol–water partition coefficient (Wildman–Crippen LogP) is 1.33. The third kappa shape index (κ3) is 2.53. The van der Waals surface area contributed by atoms with Crippen molar-refractivity contribution < 1.29 is 9.53 Å². The summed E-state index contributed by atoms with van der Waals surface area (Å²) in [4.78, 5) is 11.5. The van der Waals surface area contributed by atoms with Gasteiger partial charge in [-0.1, -0.05) is 0 Å². The van der Waals surface area contributed by atoms with Crippen molar-refractivity contribution >= 4 is 6.09 Å². The molecule has 0 saturated carbocycles. The first kappa shape index (κ1) is 11.0. The van der Waals surface area contributed by atoms with Crippen molar-refractivity contribution in [1.82, 2.24) is 15.1 Å². The number of hydrogen-bond donors (Lipinski definition) is 1. The van der Waals surface area contributed by atoms with E-state index in [0.29, 0.717) is 0 Å². The molecule has 1 aliphatic heterocycles. The fourth-order valence-electron chi connectivity index (χ4n) is 1.79. The van der Waals surface area contributed by atoms with Crippen molar-refractivity contribution in [3.8, 4) is 0 Å². The van der Waals surface area contributed by atoms with Crippen LogP contribution in [0, 0.1) is 0 Å². The first-order chi connectivity index (χ1) is 7.44. The van der Waals surface area contributed by atoms with Crippen LogP contribution < -0.4 is 5.32 Å². The monoisotopic (exact) mass is 223 g/mol. The fourth-order valence-corrected chi connectivity index (χ4v) is 1.79. The highest BCUT2D eigenvalue weighted by Gasteiger charge is 2.25. The van der Waals surface area contributed by atoms with Gasteiger partial charge in [0.1, 0.15) is 5.60 Å². The Kier molecular flexibility index (Phi) is 2.61. The second-order valence-electron chi connectivity index (χ2n) is 5.05. The van der Waals surface area contributed by atoms with Gasteiger partial charge in [0.2, 0.25) is 0 Å². The standard InChI is InChI=1S/C11H17N3O2/c1-11(2,3)16-10(15)13-8-6-9-4-5-12-14(9)7-8/h4-5,8H,6-7H2,1-3H3,(H,13,15)/t8-/m0/s1. The summed E-state index contributed by atoms with van der Waals surface area (Å²) in [5.74, 6) is 0. The Labute approximate surface area is 94.8 Å². The summed E-state index contributed by atoms with van der Waals surface area (Å²) in [6.07, 6.45) is 2.24. The Morgan fingerprint density at radius 1 is 1.62 bits per heavy atom. The minimum atomic E-state index is -0.448. The topological polar surface area (TPSA) is 56.1 Å². The zero-order valence-corrected chi connectivity index (χ0v) is 9.86. The smallest absolute Gasteiger partial charge is 0.407 e. The summed E-state index contributed by atoms with van der Waals surface area (Å²) in [6.45, 7) is 6.28. The lowest BCUT2D eigenvalue weighted by molar-refractivity contribution is 0.0503. The molecule has 0 saturated heterocycles. The van der Waals surface area contributed by atoms with Crippen LogP contribution in [-0.2, 0) is 17.7 Å². The maximum atomic E-state index is 11.5. The van der Waals surface area contributed by atoms with Crippen molar-refractivity contribution in [2.45, 2.75) is 45.4 Å². The molecule has 1 amide bonds. The number of fused-ring (bicyclic) bond motifs is 1. The molecule has 1 aromatic rings. The molecule has 1 aliphatic rings. The van der Waals surface area contributed by atoms with Crippen LogP contribution in [0.2, 0.25) is 0 Å². The number of carbonyl (C=O) groups excluding carboxylic acids is 1. The SMILES string of the molecule is CC(C)(C)OC(=O)N[C@H]1Cc2ccnn2C1. The Balaban J connectivity index is 1.85. The average Bonchev–Trinajstić information content (AvgIpc) is 2.58. The van der Waals surface area contributed by atoms with Crippen LogP contribution >= 0.6 is 0 Å². The van der Waals surface area contributed by atoms with Gasteiger partial charge in [0.25, 0.3) is 0 Å². The molecule has 0 spiro atoms. The highest BCUT2D eigenvalue weighted by atomic mass is 16.6. The van der Waals surface area contributed by atoms with E-state index in [1.807, 2.05) is 31.5 Å². The average molecular weight is 223 g/mol. The summed E-state index contributed by atoms with van der Waals surface area (Å²) in [7, 11) is 0. The van der Waals surface area contributed by atoms with Crippen LogP contribution in [0.5, 0.6) is 0 Å². The molecule has 1 aromatic heterocycles. The lowest BCUT2D eigenvalue weighted by Crippen LogP contribution is -2.40. The van der Waals surface area contributed by atoms with Gasteiger partial charge in [-0.25, -0.2) is 4.79 Å². The summed E-state index contributed by atoms with van der Waals surface area (Å²) in [6, 6.07) is 2.06. The molecule has 0 aliphatic carbocycles. The van der Waals surface area contributed by atoms with Gasteiger partial charge in [-0.15, -0.1) is 0 Å². The van der Waals surface area contributed by atoms with Gasteiger partial charge >= 0.3 is 6.09 Å². The fraction of sp³-hybridized carbons (Fsp3) is 0.636. The van der Waals surface area contributed by atoms with Crippen molar-refractivity contribution in [3.05, 3.63) is 18.0 Å². The van der Waals surface area contributed by atoms with Crippen molar-refractivity contribution in [3.63, 3.8) is 0 Å². The van der Waals surface area contributed by atoms with E-state index in [1.165, 1.54) is 0 Å². The molecule has 1 atom stereocenters. The van der Waals surface area contributed by atoms with E-state index in [2.05, 4.69) is 10.4 Å². The lowest BCUT2D eigenvalue weighted by Gasteiger charge is -2.21. The first-order valence-corrected chi connectivity index (χ1v) is 5.44. The van der Waals surface area contributed by atoms with Gasteiger partial charge in [-0.3, -0.25) is 4.68 Å². The molecule has 88 valence electrons. The summed E-state index contributed by atoms with van der Waals surface area (Å²) in [5, 5.41) is 7.00. The number of amides is 1. The van der Waals surface area contributed by atoms with Crippen LogP contribution in [0.1, 0.15) is 26.5 Å². The number of ether oxygens (including phenoxy) is 1. The minimum absolute atomic E-state index is 0.0959. The summed E-state index contributed by atoms with van der Waals surface area (Å²) < 4.78 is 7.10. The van der Waals surface area contributed by atoms with E-state index >= 15 is 0 Å². The largest absolute Gasteiger partial charge is 0.444 e. The second kappa shape index (κ2) is 3.81. The number of carbonyl (C=O) groups is 1. The minimum Gasteiger partial charge on any atom is -0.444 e. The molecular formula is C11H17N3O2. The molecule has 0 bridgehead atoms. The Hall–Kier alpha value is -1.52. The van der Waals surface area contributed by atoms with Gasteiger partial charge in [0.05, 0.1) is 12.6 Å². The number of nitrogens with zero attached hydrogens (tertiary/aromatic N) is 2. The molecule has 0 radical (unpaired) electrons. The van der Waals surface area contributed by atoms with E-state index in [9.17, 15) is 4.79 Å². The number of hydrogen-bond acceptors (Lipinski definition) is 3. The van der Waals surface area contributed by atoms with Gasteiger partial charge in [-0.05, 0) is 26.8 Å². The normalized spacial score (nSPS) is 19.3. The Morgan fingerprint density at radius 3 is 3.00 bits per heavy atom. The molecule has 2 heterocycles. The van der Waals surface area contributed by atoms with Crippen LogP contribution in [0.15, 0.2) is 12.3 Å². The van der Waals surface area contributed by atoms with Crippen LogP contribution in [-0.4, -0.2) is 27.5 Å². The third-order valence-corrected chi connectivity index (χ3v) is 2.37. The van der Waals surface area contributed by atoms with Crippen LogP contribution in [0.3, 0.4) is 0 Å². The molecule has 0 aromatic carbocycles. The number of aromatic nitrogens is 2. The maximum absolute atomic E-state index is 11.5. The van der Waals surface area contributed by atoms with Gasteiger partial charge in [-0.2, -0.15) is 5.10 Å². The molecule has 5 heteroatoms. The first-order valence-electron chi connectivity index (χ1n) is 5.44.